The monoisotopic (exact) mass is 328 g/mol. The Kier molecular flexibility index (Phi) is 4.93. The molecule has 2 saturated carbocycles. The molecule has 3 rings (SSSR count). The van der Waals surface area contributed by atoms with Crippen LogP contribution >= 0.6 is 0 Å². The number of anilines is 1. The highest BCUT2D eigenvalue weighted by Crippen LogP contribution is 2.49. The van der Waals surface area contributed by atoms with Crippen molar-refractivity contribution in [1.29, 1.82) is 0 Å². The summed E-state index contributed by atoms with van der Waals surface area (Å²) in [5.74, 6) is 2.11. The molecule has 24 heavy (non-hydrogen) atoms. The van der Waals surface area contributed by atoms with Crippen LogP contribution in [0.5, 0.6) is 0 Å². The zero-order valence-electron chi connectivity index (χ0n) is 15.0. The summed E-state index contributed by atoms with van der Waals surface area (Å²) >= 11 is 0. The molecule has 1 aromatic carbocycles. The molecule has 3 unspecified atom stereocenters. The van der Waals surface area contributed by atoms with Crippen LogP contribution in [0.1, 0.15) is 43.2 Å². The zero-order valence-corrected chi connectivity index (χ0v) is 15.0. The van der Waals surface area contributed by atoms with E-state index in [4.69, 9.17) is 0 Å². The Labute approximate surface area is 144 Å². The van der Waals surface area contributed by atoms with Gasteiger partial charge in [0.25, 0.3) is 0 Å². The number of nitrogens with one attached hydrogen (secondary N) is 1. The predicted octanol–water partition coefficient (Wildman–Crippen LogP) is 3.53. The van der Waals surface area contributed by atoms with Crippen molar-refractivity contribution in [2.75, 3.05) is 18.9 Å². The lowest BCUT2D eigenvalue weighted by Gasteiger charge is -2.24. The SMILES string of the molecule is Cc1cccc(NC(=O)CN(C)C(=O)CC2CC3CCC2C3)c1C. The molecular weight excluding hydrogens is 300 g/mol. The highest BCUT2D eigenvalue weighted by atomic mass is 16.2. The number of rotatable bonds is 5. The maximum atomic E-state index is 12.4. The van der Waals surface area contributed by atoms with E-state index in [2.05, 4.69) is 5.32 Å². The van der Waals surface area contributed by atoms with Crippen LogP contribution in [0.15, 0.2) is 18.2 Å². The molecule has 2 aliphatic rings. The lowest BCUT2D eigenvalue weighted by molar-refractivity contribution is -0.134. The van der Waals surface area contributed by atoms with Crippen LogP contribution in [0.3, 0.4) is 0 Å². The third-order valence-electron chi connectivity index (χ3n) is 6.01. The van der Waals surface area contributed by atoms with Crippen molar-refractivity contribution in [3.8, 4) is 0 Å². The van der Waals surface area contributed by atoms with Crippen LogP contribution in [0.4, 0.5) is 5.69 Å². The number of fused-ring (bicyclic) bond motifs is 2. The molecule has 0 aliphatic heterocycles. The fourth-order valence-corrected chi connectivity index (χ4v) is 4.39. The van der Waals surface area contributed by atoms with Gasteiger partial charge in [-0.3, -0.25) is 9.59 Å². The molecule has 0 spiro atoms. The Balaban J connectivity index is 1.50. The molecular formula is C20H28N2O2. The van der Waals surface area contributed by atoms with Gasteiger partial charge in [0.15, 0.2) is 0 Å². The van der Waals surface area contributed by atoms with Crippen molar-refractivity contribution < 1.29 is 9.59 Å². The van der Waals surface area contributed by atoms with Gasteiger partial charge < -0.3 is 10.2 Å². The van der Waals surface area contributed by atoms with Crippen LogP contribution in [-0.4, -0.2) is 30.3 Å². The first-order valence-electron chi connectivity index (χ1n) is 9.04. The smallest absolute Gasteiger partial charge is 0.243 e. The Hall–Kier alpha value is -1.84. The van der Waals surface area contributed by atoms with E-state index in [0.717, 1.165) is 28.7 Å². The van der Waals surface area contributed by atoms with E-state index < -0.39 is 0 Å². The molecule has 4 heteroatoms. The van der Waals surface area contributed by atoms with Gasteiger partial charge in [-0.1, -0.05) is 18.6 Å². The summed E-state index contributed by atoms with van der Waals surface area (Å²) in [5, 5.41) is 2.92. The number of hydrogen-bond acceptors (Lipinski definition) is 2. The predicted molar refractivity (Wildman–Crippen MR) is 95.7 cm³/mol. The van der Waals surface area contributed by atoms with Crippen molar-refractivity contribution in [1.82, 2.24) is 4.90 Å². The summed E-state index contributed by atoms with van der Waals surface area (Å²) in [6.07, 6.45) is 5.77. The molecule has 0 saturated heterocycles. The Morgan fingerprint density at radius 3 is 2.67 bits per heavy atom. The lowest BCUT2D eigenvalue weighted by Crippen LogP contribution is -2.36. The van der Waals surface area contributed by atoms with Crippen LogP contribution in [0.2, 0.25) is 0 Å². The van der Waals surface area contributed by atoms with Gasteiger partial charge in [0, 0.05) is 19.2 Å². The van der Waals surface area contributed by atoms with E-state index in [1.165, 1.54) is 25.7 Å². The molecule has 0 heterocycles. The van der Waals surface area contributed by atoms with Crippen LogP contribution in [0.25, 0.3) is 0 Å². The first kappa shape index (κ1) is 17.0. The fourth-order valence-electron chi connectivity index (χ4n) is 4.39. The minimum absolute atomic E-state index is 0.101. The number of benzene rings is 1. The highest BCUT2D eigenvalue weighted by molar-refractivity contribution is 5.95. The van der Waals surface area contributed by atoms with E-state index in [-0.39, 0.29) is 18.4 Å². The summed E-state index contributed by atoms with van der Waals surface area (Å²) < 4.78 is 0. The van der Waals surface area contributed by atoms with Gasteiger partial charge in [0.05, 0.1) is 6.54 Å². The second-order valence-corrected chi connectivity index (χ2v) is 7.68. The second kappa shape index (κ2) is 6.96. The number of nitrogens with zero attached hydrogens (tertiary/aromatic N) is 1. The summed E-state index contributed by atoms with van der Waals surface area (Å²) in [4.78, 5) is 26.3. The average Bonchev–Trinajstić information content (AvgIpc) is 3.14. The topological polar surface area (TPSA) is 49.4 Å². The largest absolute Gasteiger partial charge is 0.336 e. The number of aryl methyl sites for hydroxylation is 1. The van der Waals surface area contributed by atoms with Gasteiger partial charge in [0.1, 0.15) is 0 Å². The Morgan fingerprint density at radius 2 is 2.00 bits per heavy atom. The third kappa shape index (κ3) is 3.63. The highest BCUT2D eigenvalue weighted by Gasteiger charge is 2.40. The zero-order chi connectivity index (χ0) is 17.3. The maximum Gasteiger partial charge on any atom is 0.243 e. The quantitative estimate of drug-likeness (QED) is 0.899. The number of likely N-dealkylation sites (N-methyl/N-ethyl adjacent to an activating group) is 1. The standard InChI is InChI=1S/C20H28N2O2/c1-13-5-4-6-18(14(13)2)21-19(23)12-22(3)20(24)11-17-10-15-7-8-16(17)9-15/h4-6,15-17H,7-12H2,1-3H3,(H,21,23). The van der Waals surface area contributed by atoms with E-state index >= 15 is 0 Å². The van der Waals surface area contributed by atoms with Gasteiger partial charge in [-0.25, -0.2) is 0 Å². The summed E-state index contributed by atoms with van der Waals surface area (Å²) in [6.45, 7) is 4.14. The molecule has 2 bridgehead atoms. The molecule has 2 fully saturated rings. The van der Waals surface area contributed by atoms with Crippen molar-refractivity contribution in [3.05, 3.63) is 29.3 Å². The molecule has 1 N–H and O–H groups in total. The van der Waals surface area contributed by atoms with Crippen LogP contribution < -0.4 is 5.32 Å². The normalized spacial score (nSPS) is 24.9. The first-order chi connectivity index (χ1) is 11.4. The average molecular weight is 328 g/mol. The molecule has 130 valence electrons. The van der Waals surface area contributed by atoms with Gasteiger partial charge in [-0.15, -0.1) is 0 Å². The van der Waals surface area contributed by atoms with Crippen molar-refractivity contribution >= 4 is 17.5 Å². The molecule has 4 nitrogen and oxygen atoms in total. The van der Waals surface area contributed by atoms with Crippen molar-refractivity contribution in [3.63, 3.8) is 0 Å². The molecule has 2 amide bonds. The fraction of sp³-hybridized carbons (Fsp3) is 0.600. The van der Waals surface area contributed by atoms with Crippen LogP contribution in [0, 0.1) is 31.6 Å². The third-order valence-corrected chi connectivity index (χ3v) is 6.01. The van der Waals surface area contributed by atoms with E-state index in [1.54, 1.807) is 11.9 Å². The first-order valence-corrected chi connectivity index (χ1v) is 9.04. The minimum atomic E-state index is -0.132. The molecule has 2 aliphatic carbocycles. The molecule has 1 aromatic rings. The Morgan fingerprint density at radius 1 is 1.21 bits per heavy atom. The lowest BCUT2D eigenvalue weighted by atomic mass is 9.86. The second-order valence-electron chi connectivity index (χ2n) is 7.68. The van der Waals surface area contributed by atoms with Gasteiger partial charge in [-0.05, 0) is 68.1 Å². The van der Waals surface area contributed by atoms with Crippen LogP contribution in [-0.2, 0) is 9.59 Å². The maximum absolute atomic E-state index is 12.4. The number of carbonyl (C=O) groups is 2. The molecule has 0 aromatic heterocycles. The number of carbonyl (C=O) groups excluding carboxylic acids is 2. The van der Waals surface area contributed by atoms with Crippen molar-refractivity contribution in [2.24, 2.45) is 17.8 Å². The Bertz CT molecular complexity index is 641. The van der Waals surface area contributed by atoms with E-state index in [0.29, 0.717) is 12.3 Å². The van der Waals surface area contributed by atoms with E-state index in [1.807, 2.05) is 32.0 Å². The van der Waals surface area contributed by atoms with Gasteiger partial charge in [-0.2, -0.15) is 0 Å². The molecule has 0 radical (unpaired) electrons. The summed E-state index contributed by atoms with van der Waals surface area (Å²) in [7, 11) is 1.73. The number of amides is 2. The summed E-state index contributed by atoms with van der Waals surface area (Å²) in [5.41, 5.74) is 3.05. The minimum Gasteiger partial charge on any atom is -0.336 e. The number of hydrogen-bond donors (Lipinski definition) is 1. The summed E-state index contributed by atoms with van der Waals surface area (Å²) in [6, 6.07) is 5.86. The van der Waals surface area contributed by atoms with Gasteiger partial charge in [0.2, 0.25) is 11.8 Å². The van der Waals surface area contributed by atoms with E-state index in [9.17, 15) is 9.59 Å². The van der Waals surface area contributed by atoms with Crippen molar-refractivity contribution in [2.45, 2.75) is 46.0 Å². The molecule has 3 atom stereocenters. The van der Waals surface area contributed by atoms with Gasteiger partial charge >= 0.3 is 0 Å².